The zero-order valence-electron chi connectivity index (χ0n) is 7.49. The molecule has 76 valence electrons. The fourth-order valence-electron chi connectivity index (χ4n) is 1.25. The number of rotatable bonds is 1. The van der Waals surface area contributed by atoms with Gasteiger partial charge >= 0.3 is 5.97 Å². The molecule has 0 saturated heterocycles. The third kappa shape index (κ3) is 1.90. The molecule has 0 aliphatic heterocycles. The molecule has 0 fully saturated rings. The van der Waals surface area contributed by atoms with E-state index < -0.39 is 5.97 Å². The fraction of sp³-hybridized carbons (Fsp3) is 0.222. The van der Waals surface area contributed by atoms with E-state index in [1.807, 2.05) is 0 Å². The number of carboxylic acids is 1. The second kappa shape index (κ2) is 4.33. The lowest BCUT2D eigenvalue weighted by atomic mass is 10.0. The highest BCUT2D eigenvalue weighted by atomic mass is 79.9. The Hall–Kier alpha value is 0.130. The smallest absolute Gasteiger partial charge is 0.336 e. The normalized spacial score (nSPS) is 10.4. The Morgan fingerprint density at radius 1 is 1.00 bits per heavy atom. The average molecular weight is 387 g/mol. The molecule has 1 aromatic rings. The van der Waals surface area contributed by atoms with Crippen molar-refractivity contribution < 1.29 is 9.90 Å². The second-order valence-corrected chi connectivity index (χ2v) is 5.25. The van der Waals surface area contributed by atoms with Gasteiger partial charge in [-0.05, 0) is 72.8 Å². The molecule has 14 heavy (non-hydrogen) atoms. The van der Waals surface area contributed by atoms with Crippen molar-refractivity contribution in [1.82, 2.24) is 0 Å². The first kappa shape index (κ1) is 12.2. The second-order valence-electron chi connectivity index (χ2n) is 2.87. The van der Waals surface area contributed by atoms with Crippen LogP contribution in [-0.4, -0.2) is 11.1 Å². The van der Waals surface area contributed by atoms with Crippen molar-refractivity contribution in [1.29, 1.82) is 0 Å². The molecular formula is C9H7Br3O2. The van der Waals surface area contributed by atoms with Crippen LogP contribution < -0.4 is 0 Å². The van der Waals surface area contributed by atoms with Gasteiger partial charge < -0.3 is 5.11 Å². The van der Waals surface area contributed by atoms with Gasteiger partial charge in [-0.2, -0.15) is 0 Å². The van der Waals surface area contributed by atoms with Gasteiger partial charge in [0.25, 0.3) is 0 Å². The van der Waals surface area contributed by atoms with Crippen molar-refractivity contribution in [3.05, 3.63) is 30.1 Å². The predicted molar refractivity (Wildman–Crippen MR) is 66.0 cm³/mol. The molecule has 0 radical (unpaired) electrons. The molecule has 1 N–H and O–H groups in total. The van der Waals surface area contributed by atoms with Crippen molar-refractivity contribution >= 4 is 53.8 Å². The molecule has 0 atom stereocenters. The molecule has 0 unspecified atom stereocenters. The SMILES string of the molecule is Cc1c(Br)c(Br)c(Br)c(C)c1C(=O)O. The first-order valence-electron chi connectivity index (χ1n) is 3.74. The highest BCUT2D eigenvalue weighted by Gasteiger charge is 2.19. The van der Waals surface area contributed by atoms with Crippen LogP contribution in [0.25, 0.3) is 0 Å². The van der Waals surface area contributed by atoms with E-state index in [0.717, 1.165) is 24.5 Å². The molecule has 0 spiro atoms. The van der Waals surface area contributed by atoms with Crippen LogP contribution in [0.5, 0.6) is 0 Å². The number of carbonyl (C=O) groups is 1. The fourth-order valence-corrected chi connectivity index (χ4v) is 2.90. The molecule has 0 aromatic heterocycles. The number of halogens is 3. The standard InChI is InChI=1S/C9H7Br3O2/c1-3-5(9(13)14)4(2)7(11)8(12)6(3)10/h1-2H3,(H,13,14). The molecule has 0 aliphatic carbocycles. The molecule has 0 saturated carbocycles. The van der Waals surface area contributed by atoms with Crippen LogP contribution in [-0.2, 0) is 0 Å². The van der Waals surface area contributed by atoms with E-state index in [9.17, 15) is 4.79 Å². The van der Waals surface area contributed by atoms with Gasteiger partial charge in [0, 0.05) is 13.4 Å². The summed E-state index contributed by atoms with van der Waals surface area (Å²) in [4.78, 5) is 11.0. The van der Waals surface area contributed by atoms with Crippen molar-refractivity contribution in [2.24, 2.45) is 0 Å². The predicted octanol–water partition coefficient (Wildman–Crippen LogP) is 4.29. The molecule has 0 amide bonds. The summed E-state index contributed by atoms with van der Waals surface area (Å²) in [7, 11) is 0. The minimum absolute atomic E-state index is 0.340. The topological polar surface area (TPSA) is 37.3 Å². The van der Waals surface area contributed by atoms with E-state index in [2.05, 4.69) is 47.8 Å². The molecular weight excluding hydrogens is 380 g/mol. The lowest BCUT2D eigenvalue weighted by molar-refractivity contribution is 0.0695. The third-order valence-corrected chi connectivity index (χ3v) is 5.85. The zero-order valence-corrected chi connectivity index (χ0v) is 12.2. The lowest BCUT2D eigenvalue weighted by Gasteiger charge is -2.12. The van der Waals surface area contributed by atoms with Crippen molar-refractivity contribution in [3.8, 4) is 0 Å². The summed E-state index contributed by atoms with van der Waals surface area (Å²) in [5, 5.41) is 9.03. The molecule has 0 bridgehead atoms. The largest absolute Gasteiger partial charge is 0.478 e. The van der Waals surface area contributed by atoms with Gasteiger partial charge in [0.1, 0.15) is 0 Å². The molecule has 1 rings (SSSR count). The zero-order chi connectivity index (χ0) is 11.0. The van der Waals surface area contributed by atoms with Gasteiger partial charge in [-0.3, -0.25) is 0 Å². The molecule has 2 nitrogen and oxygen atoms in total. The molecule has 0 heterocycles. The summed E-state index contributed by atoms with van der Waals surface area (Å²) < 4.78 is 2.39. The maximum atomic E-state index is 11.0. The van der Waals surface area contributed by atoms with Crippen LogP contribution in [0.4, 0.5) is 0 Å². The number of benzene rings is 1. The Morgan fingerprint density at radius 3 is 1.64 bits per heavy atom. The number of aromatic carboxylic acids is 1. The summed E-state index contributed by atoms with van der Waals surface area (Å²) >= 11 is 10.1. The first-order chi connectivity index (χ1) is 6.37. The number of hydrogen-bond acceptors (Lipinski definition) is 1. The third-order valence-electron chi connectivity index (χ3n) is 2.01. The van der Waals surface area contributed by atoms with Gasteiger partial charge in [0.2, 0.25) is 0 Å². The minimum atomic E-state index is -0.908. The maximum Gasteiger partial charge on any atom is 0.336 e. The summed E-state index contributed by atoms with van der Waals surface area (Å²) in [5.74, 6) is -0.908. The van der Waals surface area contributed by atoms with E-state index in [1.54, 1.807) is 13.8 Å². The Morgan fingerprint density at radius 2 is 1.36 bits per heavy atom. The van der Waals surface area contributed by atoms with Crippen LogP contribution in [0.3, 0.4) is 0 Å². The Labute approximate surface area is 107 Å². The summed E-state index contributed by atoms with van der Waals surface area (Å²) in [6.45, 7) is 3.55. The Kier molecular flexibility index (Phi) is 3.77. The van der Waals surface area contributed by atoms with Crippen molar-refractivity contribution in [2.45, 2.75) is 13.8 Å². The van der Waals surface area contributed by atoms with Gasteiger partial charge in [0.05, 0.1) is 5.56 Å². The summed E-state index contributed by atoms with van der Waals surface area (Å²) in [6, 6.07) is 0. The van der Waals surface area contributed by atoms with Crippen LogP contribution in [0.1, 0.15) is 21.5 Å². The van der Waals surface area contributed by atoms with E-state index in [0.29, 0.717) is 5.56 Å². The number of hydrogen-bond donors (Lipinski definition) is 1. The van der Waals surface area contributed by atoms with Crippen molar-refractivity contribution in [3.63, 3.8) is 0 Å². The molecule has 1 aromatic carbocycles. The van der Waals surface area contributed by atoms with E-state index >= 15 is 0 Å². The molecule has 0 aliphatic rings. The summed E-state index contributed by atoms with van der Waals surface area (Å²) in [6.07, 6.45) is 0. The van der Waals surface area contributed by atoms with E-state index in [1.165, 1.54) is 0 Å². The highest BCUT2D eigenvalue weighted by Crippen LogP contribution is 2.38. The summed E-state index contributed by atoms with van der Waals surface area (Å²) in [5.41, 5.74) is 1.79. The maximum absolute atomic E-state index is 11.0. The Balaban J connectivity index is 3.68. The minimum Gasteiger partial charge on any atom is -0.478 e. The van der Waals surface area contributed by atoms with Crippen molar-refractivity contribution in [2.75, 3.05) is 0 Å². The van der Waals surface area contributed by atoms with Gasteiger partial charge in [-0.1, -0.05) is 0 Å². The quantitative estimate of drug-likeness (QED) is 0.731. The molecule has 5 heteroatoms. The van der Waals surface area contributed by atoms with Crippen LogP contribution >= 0.6 is 47.8 Å². The van der Waals surface area contributed by atoms with Gasteiger partial charge in [-0.15, -0.1) is 0 Å². The average Bonchev–Trinajstić information content (AvgIpc) is 2.11. The monoisotopic (exact) mass is 384 g/mol. The Bertz CT molecular complexity index is 384. The number of carboxylic acid groups (broad SMARTS) is 1. The van der Waals surface area contributed by atoms with Gasteiger partial charge in [0.15, 0.2) is 0 Å². The van der Waals surface area contributed by atoms with Crippen LogP contribution in [0.15, 0.2) is 13.4 Å². The van der Waals surface area contributed by atoms with Gasteiger partial charge in [-0.25, -0.2) is 4.79 Å². The highest BCUT2D eigenvalue weighted by molar-refractivity contribution is 9.14. The lowest BCUT2D eigenvalue weighted by Crippen LogP contribution is -2.05. The van der Waals surface area contributed by atoms with E-state index in [4.69, 9.17) is 5.11 Å². The van der Waals surface area contributed by atoms with E-state index in [-0.39, 0.29) is 0 Å². The van der Waals surface area contributed by atoms with Crippen LogP contribution in [0.2, 0.25) is 0 Å². The first-order valence-corrected chi connectivity index (χ1v) is 6.12. The van der Waals surface area contributed by atoms with Crippen LogP contribution in [0, 0.1) is 13.8 Å².